The zero-order valence-corrected chi connectivity index (χ0v) is 17.2. The fourth-order valence-corrected chi connectivity index (χ4v) is 5.14. The Kier molecular flexibility index (Phi) is 5.31. The van der Waals surface area contributed by atoms with Gasteiger partial charge in [-0.2, -0.15) is 0 Å². The van der Waals surface area contributed by atoms with Crippen LogP contribution in [0, 0.1) is 6.92 Å². The summed E-state index contributed by atoms with van der Waals surface area (Å²) in [6.45, 7) is 2.05. The van der Waals surface area contributed by atoms with Gasteiger partial charge in [-0.05, 0) is 25.3 Å². The van der Waals surface area contributed by atoms with Gasteiger partial charge in [-0.3, -0.25) is 14.2 Å². The molecule has 1 aliphatic rings. The van der Waals surface area contributed by atoms with Crippen LogP contribution in [0.25, 0.3) is 21.3 Å². The standard InChI is InChI=1S/C22H25N3O2S/c1-15-19(16-9-5-3-6-10-16)20-21(28-15)23-14-25(22(20)27)13-18(26)24(2)17-11-7-4-8-12-17/h3,5-6,9-10,14,17H,4,7-8,11-13H2,1-2H3. The second-order valence-electron chi connectivity index (χ2n) is 7.55. The fraction of sp³-hybridized carbons (Fsp3) is 0.409. The summed E-state index contributed by atoms with van der Waals surface area (Å²) in [5, 5.41) is 0.615. The molecule has 1 aliphatic carbocycles. The molecule has 28 heavy (non-hydrogen) atoms. The van der Waals surface area contributed by atoms with E-state index in [-0.39, 0.29) is 24.1 Å². The van der Waals surface area contributed by atoms with Gasteiger partial charge in [-0.25, -0.2) is 4.98 Å². The van der Waals surface area contributed by atoms with Crippen molar-refractivity contribution < 1.29 is 4.79 Å². The van der Waals surface area contributed by atoms with E-state index in [0.717, 1.165) is 33.7 Å². The number of likely N-dealkylation sites (N-methyl/N-ethyl adjacent to an activating group) is 1. The number of carbonyl (C=O) groups is 1. The minimum Gasteiger partial charge on any atom is -0.341 e. The Balaban J connectivity index is 1.68. The van der Waals surface area contributed by atoms with Gasteiger partial charge in [0.25, 0.3) is 5.56 Å². The van der Waals surface area contributed by atoms with Crippen molar-refractivity contribution in [3.63, 3.8) is 0 Å². The number of amides is 1. The van der Waals surface area contributed by atoms with Gasteiger partial charge in [0, 0.05) is 23.5 Å². The van der Waals surface area contributed by atoms with Crippen molar-refractivity contribution in [3.05, 3.63) is 51.9 Å². The lowest BCUT2D eigenvalue weighted by Crippen LogP contribution is -2.41. The summed E-state index contributed by atoms with van der Waals surface area (Å²) in [6.07, 6.45) is 7.21. The third-order valence-corrected chi connectivity index (χ3v) is 6.75. The van der Waals surface area contributed by atoms with Gasteiger partial charge in [-0.15, -0.1) is 11.3 Å². The Hall–Kier alpha value is -2.47. The minimum atomic E-state index is -0.140. The smallest absolute Gasteiger partial charge is 0.263 e. The van der Waals surface area contributed by atoms with Crippen LogP contribution in [0.1, 0.15) is 37.0 Å². The highest BCUT2D eigenvalue weighted by atomic mass is 32.1. The average Bonchev–Trinajstić information content (AvgIpc) is 3.07. The maximum absolute atomic E-state index is 13.2. The molecule has 0 radical (unpaired) electrons. The minimum absolute atomic E-state index is 0.0247. The van der Waals surface area contributed by atoms with Crippen molar-refractivity contribution >= 4 is 27.5 Å². The zero-order valence-electron chi connectivity index (χ0n) is 16.4. The number of fused-ring (bicyclic) bond motifs is 1. The van der Waals surface area contributed by atoms with Crippen molar-refractivity contribution in [1.82, 2.24) is 14.5 Å². The normalized spacial score (nSPS) is 15.1. The van der Waals surface area contributed by atoms with Crippen LogP contribution in [-0.4, -0.2) is 33.4 Å². The first kappa shape index (κ1) is 18.9. The zero-order chi connectivity index (χ0) is 19.7. The Labute approximate surface area is 168 Å². The first-order valence-electron chi connectivity index (χ1n) is 9.86. The molecule has 3 aromatic rings. The number of aryl methyl sites for hydroxylation is 1. The van der Waals surface area contributed by atoms with Gasteiger partial charge in [-0.1, -0.05) is 49.6 Å². The highest BCUT2D eigenvalue weighted by molar-refractivity contribution is 7.19. The van der Waals surface area contributed by atoms with Crippen molar-refractivity contribution in [2.75, 3.05) is 7.05 Å². The van der Waals surface area contributed by atoms with Crippen LogP contribution in [0.3, 0.4) is 0 Å². The van der Waals surface area contributed by atoms with Crippen LogP contribution < -0.4 is 5.56 Å². The van der Waals surface area contributed by atoms with E-state index >= 15 is 0 Å². The van der Waals surface area contributed by atoms with Gasteiger partial charge in [0.2, 0.25) is 5.91 Å². The monoisotopic (exact) mass is 395 g/mol. The molecule has 6 heteroatoms. The van der Waals surface area contributed by atoms with E-state index in [9.17, 15) is 9.59 Å². The summed E-state index contributed by atoms with van der Waals surface area (Å²) in [7, 11) is 1.86. The molecule has 5 nitrogen and oxygen atoms in total. The molecule has 1 fully saturated rings. The molecule has 0 atom stereocenters. The van der Waals surface area contributed by atoms with Crippen LogP contribution in [0.5, 0.6) is 0 Å². The van der Waals surface area contributed by atoms with E-state index in [4.69, 9.17) is 0 Å². The summed E-state index contributed by atoms with van der Waals surface area (Å²) >= 11 is 1.52. The Morgan fingerprint density at radius 1 is 1.21 bits per heavy atom. The molecule has 1 aromatic carbocycles. The highest BCUT2D eigenvalue weighted by Crippen LogP contribution is 2.35. The van der Waals surface area contributed by atoms with Crippen molar-refractivity contribution in [1.29, 1.82) is 0 Å². The number of carbonyl (C=O) groups excluding carboxylic acids is 1. The number of nitrogens with zero attached hydrogens (tertiary/aromatic N) is 3. The lowest BCUT2D eigenvalue weighted by atomic mass is 9.94. The lowest BCUT2D eigenvalue weighted by Gasteiger charge is -2.31. The molecular weight excluding hydrogens is 370 g/mol. The topological polar surface area (TPSA) is 55.2 Å². The molecular formula is C22H25N3O2S. The predicted octanol–water partition coefficient (Wildman–Crippen LogP) is 4.22. The Morgan fingerprint density at radius 3 is 2.64 bits per heavy atom. The maximum atomic E-state index is 13.2. The van der Waals surface area contributed by atoms with Crippen LogP contribution in [0.2, 0.25) is 0 Å². The fourth-order valence-electron chi connectivity index (χ4n) is 4.13. The molecule has 1 saturated carbocycles. The first-order chi connectivity index (χ1) is 13.6. The molecule has 1 amide bonds. The molecule has 0 bridgehead atoms. The summed E-state index contributed by atoms with van der Waals surface area (Å²) in [5.41, 5.74) is 1.80. The van der Waals surface area contributed by atoms with Crippen molar-refractivity contribution in [2.45, 2.75) is 51.6 Å². The molecule has 0 aliphatic heterocycles. The van der Waals surface area contributed by atoms with Crippen LogP contribution >= 0.6 is 11.3 Å². The third-order valence-electron chi connectivity index (χ3n) is 5.74. The van der Waals surface area contributed by atoms with Crippen LogP contribution in [0.4, 0.5) is 0 Å². The number of benzene rings is 1. The lowest BCUT2D eigenvalue weighted by molar-refractivity contribution is -0.133. The molecule has 0 saturated heterocycles. The number of thiophene rings is 1. The molecule has 0 N–H and O–H groups in total. The van der Waals surface area contributed by atoms with Gasteiger partial charge >= 0.3 is 0 Å². The third kappa shape index (κ3) is 3.49. The van der Waals surface area contributed by atoms with E-state index in [2.05, 4.69) is 4.98 Å². The molecule has 0 unspecified atom stereocenters. The van der Waals surface area contributed by atoms with E-state index in [1.165, 1.54) is 41.5 Å². The van der Waals surface area contributed by atoms with E-state index in [0.29, 0.717) is 5.39 Å². The number of aromatic nitrogens is 2. The van der Waals surface area contributed by atoms with E-state index < -0.39 is 0 Å². The van der Waals surface area contributed by atoms with Crippen molar-refractivity contribution in [3.8, 4) is 11.1 Å². The first-order valence-corrected chi connectivity index (χ1v) is 10.7. The molecule has 0 spiro atoms. The Morgan fingerprint density at radius 2 is 1.93 bits per heavy atom. The Bertz CT molecular complexity index is 1050. The van der Waals surface area contributed by atoms with Gasteiger partial charge < -0.3 is 4.90 Å². The van der Waals surface area contributed by atoms with Crippen LogP contribution in [-0.2, 0) is 11.3 Å². The second kappa shape index (κ2) is 7.87. The second-order valence-corrected chi connectivity index (χ2v) is 8.76. The average molecular weight is 396 g/mol. The summed E-state index contributed by atoms with van der Waals surface area (Å²) in [6, 6.07) is 10.2. The van der Waals surface area contributed by atoms with Crippen LogP contribution in [0.15, 0.2) is 41.5 Å². The molecule has 2 aromatic heterocycles. The largest absolute Gasteiger partial charge is 0.341 e. The number of hydrogen-bond acceptors (Lipinski definition) is 4. The van der Waals surface area contributed by atoms with E-state index in [1.54, 1.807) is 0 Å². The molecule has 2 heterocycles. The molecule has 4 rings (SSSR count). The highest BCUT2D eigenvalue weighted by Gasteiger charge is 2.23. The number of rotatable bonds is 4. The van der Waals surface area contributed by atoms with Gasteiger partial charge in [0.15, 0.2) is 0 Å². The van der Waals surface area contributed by atoms with Crippen molar-refractivity contribution in [2.24, 2.45) is 0 Å². The predicted molar refractivity (Wildman–Crippen MR) is 114 cm³/mol. The summed E-state index contributed by atoms with van der Waals surface area (Å²) < 4.78 is 1.46. The summed E-state index contributed by atoms with van der Waals surface area (Å²) in [5.74, 6) is -0.0247. The maximum Gasteiger partial charge on any atom is 0.263 e. The SMILES string of the molecule is Cc1sc2ncn(CC(=O)N(C)C3CCCCC3)c(=O)c2c1-c1ccccc1. The van der Waals surface area contributed by atoms with E-state index in [1.807, 2.05) is 49.2 Å². The van der Waals surface area contributed by atoms with Gasteiger partial charge in [0.05, 0.1) is 11.7 Å². The summed E-state index contributed by atoms with van der Waals surface area (Å²) in [4.78, 5) is 34.1. The van der Waals surface area contributed by atoms with Gasteiger partial charge in [0.1, 0.15) is 11.4 Å². The quantitative estimate of drug-likeness (QED) is 0.664. The number of hydrogen-bond donors (Lipinski definition) is 0. The molecule has 146 valence electrons.